The van der Waals surface area contributed by atoms with Crippen molar-refractivity contribution < 1.29 is 9.53 Å². The Morgan fingerprint density at radius 3 is 2.44 bits per heavy atom. The Bertz CT molecular complexity index is 347. The molecule has 1 aromatic carbocycles. The maximum atomic E-state index is 11.7. The Morgan fingerprint density at radius 2 is 2.00 bits per heavy atom. The molecule has 0 saturated heterocycles. The maximum Gasteiger partial charge on any atom is 0.228 e. The smallest absolute Gasteiger partial charge is 0.228 e. The van der Waals surface area contributed by atoms with Crippen molar-refractivity contribution in [2.75, 3.05) is 19.1 Å². The fourth-order valence-corrected chi connectivity index (χ4v) is 1.36. The molecular weight excluding hydrogens is 204 g/mol. The highest BCUT2D eigenvalue weighted by atomic mass is 16.5. The number of ether oxygens (including phenoxy) is 1. The summed E-state index contributed by atoms with van der Waals surface area (Å²) in [4.78, 5) is 13.3. The largest absolute Gasteiger partial charge is 0.497 e. The van der Waals surface area contributed by atoms with Crippen molar-refractivity contribution in [2.24, 2.45) is 5.73 Å². The van der Waals surface area contributed by atoms with Crippen LogP contribution in [0.1, 0.15) is 13.3 Å². The van der Waals surface area contributed by atoms with E-state index in [9.17, 15) is 4.79 Å². The first kappa shape index (κ1) is 12.5. The van der Waals surface area contributed by atoms with Crippen molar-refractivity contribution in [1.82, 2.24) is 0 Å². The molecule has 4 heteroatoms. The van der Waals surface area contributed by atoms with Crippen molar-refractivity contribution >= 4 is 11.6 Å². The van der Waals surface area contributed by atoms with Gasteiger partial charge in [-0.25, -0.2) is 0 Å². The molecule has 0 aliphatic carbocycles. The first-order valence-electron chi connectivity index (χ1n) is 5.20. The van der Waals surface area contributed by atoms with Gasteiger partial charge in [0.2, 0.25) is 5.91 Å². The number of benzene rings is 1. The molecule has 0 spiro atoms. The average molecular weight is 222 g/mol. The zero-order valence-electron chi connectivity index (χ0n) is 9.93. The topological polar surface area (TPSA) is 55.6 Å². The number of nitrogens with zero attached hydrogens (tertiary/aromatic N) is 1. The molecular formula is C12H18N2O2. The summed E-state index contributed by atoms with van der Waals surface area (Å²) in [5.74, 6) is 0.789. The third kappa shape index (κ3) is 3.24. The van der Waals surface area contributed by atoms with Crippen LogP contribution in [0.5, 0.6) is 5.75 Å². The Morgan fingerprint density at radius 1 is 1.44 bits per heavy atom. The predicted molar refractivity (Wildman–Crippen MR) is 64.7 cm³/mol. The van der Waals surface area contributed by atoms with Crippen molar-refractivity contribution in [3.63, 3.8) is 0 Å². The van der Waals surface area contributed by atoms with E-state index in [4.69, 9.17) is 10.5 Å². The van der Waals surface area contributed by atoms with Crippen molar-refractivity contribution in [3.8, 4) is 5.75 Å². The van der Waals surface area contributed by atoms with E-state index in [0.29, 0.717) is 6.42 Å². The summed E-state index contributed by atoms with van der Waals surface area (Å²) in [6.45, 7) is 1.82. The monoisotopic (exact) mass is 222 g/mol. The Hall–Kier alpha value is -1.55. The quantitative estimate of drug-likeness (QED) is 0.837. The summed E-state index contributed by atoms with van der Waals surface area (Å²) in [5, 5.41) is 0. The molecule has 1 amide bonds. The minimum absolute atomic E-state index is 0.0140. The van der Waals surface area contributed by atoms with E-state index in [1.807, 2.05) is 31.2 Å². The minimum Gasteiger partial charge on any atom is -0.497 e. The molecule has 4 nitrogen and oxygen atoms in total. The fourth-order valence-electron chi connectivity index (χ4n) is 1.36. The number of carbonyl (C=O) groups is 1. The van der Waals surface area contributed by atoms with Gasteiger partial charge in [0.05, 0.1) is 7.11 Å². The number of rotatable bonds is 4. The van der Waals surface area contributed by atoms with Gasteiger partial charge < -0.3 is 15.4 Å². The highest BCUT2D eigenvalue weighted by molar-refractivity contribution is 5.93. The molecule has 0 aromatic heterocycles. The Kier molecular flexibility index (Phi) is 4.31. The summed E-state index contributed by atoms with van der Waals surface area (Å²) in [5.41, 5.74) is 6.43. The van der Waals surface area contributed by atoms with E-state index >= 15 is 0 Å². The van der Waals surface area contributed by atoms with Gasteiger partial charge in [0.15, 0.2) is 0 Å². The summed E-state index contributed by atoms with van der Waals surface area (Å²) in [6.07, 6.45) is 0.350. The lowest BCUT2D eigenvalue weighted by atomic mass is 10.2. The van der Waals surface area contributed by atoms with Crippen LogP contribution in [-0.2, 0) is 4.79 Å². The molecule has 1 rings (SSSR count). The predicted octanol–water partition coefficient (Wildman–Crippen LogP) is 1.40. The molecule has 0 bridgehead atoms. The zero-order valence-corrected chi connectivity index (χ0v) is 9.93. The fraction of sp³-hybridized carbons (Fsp3) is 0.417. The van der Waals surface area contributed by atoms with Crippen LogP contribution in [0.25, 0.3) is 0 Å². The molecule has 1 atom stereocenters. The van der Waals surface area contributed by atoms with E-state index in [2.05, 4.69) is 0 Å². The van der Waals surface area contributed by atoms with Gasteiger partial charge >= 0.3 is 0 Å². The van der Waals surface area contributed by atoms with Gasteiger partial charge in [-0.1, -0.05) is 0 Å². The van der Waals surface area contributed by atoms with Gasteiger partial charge in [-0.05, 0) is 31.2 Å². The van der Waals surface area contributed by atoms with Crippen LogP contribution in [0, 0.1) is 0 Å². The van der Waals surface area contributed by atoms with E-state index in [-0.39, 0.29) is 11.9 Å². The third-order valence-electron chi connectivity index (χ3n) is 2.33. The van der Waals surface area contributed by atoms with Gasteiger partial charge in [0.25, 0.3) is 0 Å². The molecule has 1 unspecified atom stereocenters. The minimum atomic E-state index is -0.117. The lowest BCUT2D eigenvalue weighted by Crippen LogP contribution is -2.31. The van der Waals surface area contributed by atoms with E-state index in [1.54, 1.807) is 19.1 Å². The maximum absolute atomic E-state index is 11.7. The van der Waals surface area contributed by atoms with Gasteiger partial charge in [-0.3, -0.25) is 4.79 Å². The average Bonchev–Trinajstić information content (AvgIpc) is 2.27. The van der Waals surface area contributed by atoms with E-state index < -0.39 is 0 Å². The number of amides is 1. The van der Waals surface area contributed by atoms with Gasteiger partial charge in [-0.15, -0.1) is 0 Å². The lowest BCUT2D eigenvalue weighted by Gasteiger charge is -2.18. The molecule has 88 valence electrons. The second-order valence-corrected chi connectivity index (χ2v) is 3.83. The van der Waals surface area contributed by atoms with Gasteiger partial charge in [0, 0.05) is 25.2 Å². The van der Waals surface area contributed by atoms with Crippen LogP contribution in [0.15, 0.2) is 24.3 Å². The lowest BCUT2D eigenvalue weighted by molar-refractivity contribution is -0.118. The van der Waals surface area contributed by atoms with Crippen LogP contribution >= 0.6 is 0 Å². The number of hydrogen-bond acceptors (Lipinski definition) is 3. The number of carbonyl (C=O) groups excluding carboxylic acids is 1. The molecule has 0 saturated carbocycles. The highest BCUT2D eigenvalue weighted by Crippen LogP contribution is 2.18. The molecule has 1 aromatic rings. The van der Waals surface area contributed by atoms with Crippen LogP contribution in [-0.4, -0.2) is 26.1 Å². The third-order valence-corrected chi connectivity index (χ3v) is 2.33. The molecule has 0 heterocycles. The van der Waals surface area contributed by atoms with E-state index in [1.165, 1.54) is 0 Å². The second-order valence-electron chi connectivity index (χ2n) is 3.83. The van der Waals surface area contributed by atoms with Gasteiger partial charge in [0.1, 0.15) is 5.75 Å². The molecule has 16 heavy (non-hydrogen) atoms. The first-order chi connectivity index (χ1) is 7.54. The number of anilines is 1. The normalized spacial score (nSPS) is 12.0. The van der Waals surface area contributed by atoms with Crippen LogP contribution < -0.4 is 15.4 Å². The molecule has 0 aliphatic rings. The standard InChI is InChI=1S/C12H18N2O2/c1-9(13)8-12(15)14(2)10-4-6-11(16-3)7-5-10/h4-7,9H,8,13H2,1-3H3. The number of hydrogen-bond donors (Lipinski definition) is 1. The second kappa shape index (κ2) is 5.51. The van der Waals surface area contributed by atoms with Crippen molar-refractivity contribution in [1.29, 1.82) is 0 Å². The Balaban J connectivity index is 2.72. The van der Waals surface area contributed by atoms with E-state index in [0.717, 1.165) is 11.4 Å². The number of methoxy groups -OCH3 is 1. The van der Waals surface area contributed by atoms with Crippen LogP contribution in [0.4, 0.5) is 5.69 Å². The summed E-state index contributed by atoms with van der Waals surface area (Å²) in [6, 6.07) is 7.22. The molecule has 0 fully saturated rings. The zero-order chi connectivity index (χ0) is 12.1. The van der Waals surface area contributed by atoms with Gasteiger partial charge in [-0.2, -0.15) is 0 Å². The molecule has 0 radical (unpaired) electrons. The number of nitrogens with two attached hydrogens (primary N) is 1. The summed E-state index contributed by atoms with van der Waals surface area (Å²) >= 11 is 0. The summed E-state index contributed by atoms with van der Waals surface area (Å²) < 4.78 is 5.05. The highest BCUT2D eigenvalue weighted by Gasteiger charge is 2.12. The first-order valence-corrected chi connectivity index (χ1v) is 5.20. The van der Waals surface area contributed by atoms with Crippen LogP contribution in [0.3, 0.4) is 0 Å². The SMILES string of the molecule is COc1ccc(N(C)C(=O)CC(C)N)cc1. The summed E-state index contributed by atoms with van der Waals surface area (Å²) in [7, 11) is 3.35. The molecule has 0 aliphatic heterocycles. The van der Waals surface area contributed by atoms with Crippen molar-refractivity contribution in [2.45, 2.75) is 19.4 Å². The Labute approximate surface area is 96.0 Å². The molecule has 2 N–H and O–H groups in total. The van der Waals surface area contributed by atoms with Crippen molar-refractivity contribution in [3.05, 3.63) is 24.3 Å². The van der Waals surface area contributed by atoms with Crippen LogP contribution in [0.2, 0.25) is 0 Å².